The Kier molecular flexibility index (Phi) is 4.28. The van der Waals surface area contributed by atoms with Crippen molar-refractivity contribution in [2.75, 3.05) is 32.7 Å². The maximum atomic E-state index is 11.4. The van der Waals surface area contributed by atoms with Crippen molar-refractivity contribution in [3.63, 3.8) is 0 Å². The summed E-state index contributed by atoms with van der Waals surface area (Å²) in [6.45, 7) is 8.99. The molecule has 0 bridgehead atoms. The SMILES string of the molecule is CCC(C)(CN1CCN2CCCCC2C1)C(=O)O. The summed E-state index contributed by atoms with van der Waals surface area (Å²) in [4.78, 5) is 16.3. The monoisotopic (exact) mass is 254 g/mol. The minimum atomic E-state index is -0.656. The van der Waals surface area contributed by atoms with Gasteiger partial charge in [-0.05, 0) is 32.7 Å². The van der Waals surface area contributed by atoms with E-state index in [2.05, 4.69) is 9.80 Å². The fourth-order valence-corrected chi connectivity index (χ4v) is 3.19. The van der Waals surface area contributed by atoms with Crippen LogP contribution in [0.2, 0.25) is 0 Å². The van der Waals surface area contributed by atoms with E-state index in [0.717, 1.165) is 19.6 Å². The van der Waals surface area contributed by atoms with Crippen molar-refractivity contribution in [2.45, 2.75) is 45.6 Å². The minimum Gasteiger partial charge on any atom is -0.481 e. The smallest absolute Gasteiger partial charge is 0.310 e. The molecule has 0 aromatic rings. The molecule has 0 aliphatic carbocycles. The second-order valence-corrected chi connectivity index (χ2v) is 6.14. The highest BCUT2D eigenvalue weighted by atomic mass is 16.4. The van der Waals surface area contributed by atoms with Crippen molar-refractivity contribution in [3.05, 3.63) is 0 Å². The molecule has 2 unspecified atom stereocenters. The van der Waals surface area contributed by atoms with Gasteiger partial charge in [0.25, 0.3) is 0 Å². The molecule has 2 atom stereocenters. The highest BCUT2D eigenvalue weighted by Crippen LogP contribution is 2.26. The third-order valence-corrected chi connectivity index (χ3v) is 4.79. The molecule has 2 heterocycles. The van der Waals surface area contributed by atoms with E-state index in [9.17, 15) is 9.90 Å². The van der Waals surface area contributed by atoms with Crippen LogP contribution in [0.25, 0.3) is 0 Å². The number of carbonyl (C=O) groups is 1. The van der Waals surface area contributed by atoms with Gasteiger partial charge >= 0.3 is 5.97 Å². The summed E-state index contributed by atoms with van der Waals surface area (Å²) in [6.07, 6.45) is 4.65. The van der Waals surface area contributed by atoms with Crippen LogP contribution in [0.4, 0.5) is 0 Å². The van der Waals surface area contributed by atoms with Gasteiger partial charge < -0.3 is 5.11 Å². The second kappa shape index (κ2) is 5.57. The van der Waals surface area contributed by atoms with E-state index in [1.165, 1.54) is 25.8 Å². The quantitative estimate of drug-likeness (QED) is 0.828. The number of fused-ring (bicyclic) bond motifs is 1. The Morgan fingerprint density at radius 1 is 1.33 bits per heavy atom. The first-order chi connectivity index (χ1) is 8.55. The van der Waals surface area contributed by atoms with Crippen LogP contribution in [0.1, 0.15) is 39.5 Å². The molecule has 4 nitrogen and oxygen atoms in total. The number of piperazine rings is 1. The number of hydrogen-bond donors (Lipinski definition) is 1. The van der Waals surface area contributed by atoms with Gasteiger partial charge in [0.05, 0.1) is 5.41 Å². The lowest BCUT2D eigenvalue weighted by molar-refractivity contribution is -0.149. The van der Waals surface area contributed by atoms with E-state index in [4.69, 9.17) is 0 Å². The fraction of sp³-hybridized carbons (Fsp3) is 0.929. The first-order valence-corrected chi connectivity index (χ1v) is 7.25. The first kappa shape index (κ1) is 13.8. The standard InChI is InChI=1S/C14H26N2O2/c1-3-14(2,13(17)18)11-15-8-9-16-7-5-4-6-12(16)10-15/h12H,3-11H2,1-2H3,(H,17,18). The van der Waals surface area contributed by atoms with Crippen molar-refractivity contribution in [1.82, 2.24) is 9.80 Å². The number of hydrogen-bond acceptors (Lipinski definition) is 3. The number of nitrogens with zero attached hydrogens (tertiary/aromatic N) is 2. The van der Waals surface area contributed by atoms with Crippen molar-refractivity contribution in [3.8, 4) is 0 Å². The number of piperidine rings is 1. The molecular weight excluding hydrogens is 228 g/mol. The minimum absolute atomic E-state index is 0.586. The van der Waals surface area contributed by atoms with Crippen LogP contribution >= 0.6 is 0 Å². The zero-order chi connectivity index (χ0) is 13.2. The number of aliphatic carboxylic acids is 1. The van der Waals surface area contributed by atoms with Crippen molar-refractivity contribution in [2.24, 2.45) is 5.41 Å². The topological polar surface area (TPSA) is 43.8 Å². The molecule has 0 aromatic carbocycles. The Morgan fingerprint density at radius 2 is 2.11 bits per heavy atom. The average molecular weight is 254 g/mol. The Morgan fingerprint density at radius 3 is 2.78 bits per heavy atom. The molecule has 1 N–H and O–H groups in total. The molecule has 2 aliphatic heterocycles. The summed E-state index contributed by atoms with van der Waals surface area (Å²) in [7, 11) is 0. The molecule has 2 fully saturated rings. The molecule has 0 saturated carbocycles. The molecule has 0 amide bonds. The van der Waals surface area contributed by atoms with E-state index in [1.807, 2.05) is 13.8 Å². The molecule has 0 spiro atoms. The second-order valence-electron chi connectivity index (χ2n) is 6.14. The number of carboxylic acids is 1. The fourth-order valence-electron chi connectivity index (χ4n) is 3.19. The predicted molar refractivity (Wildman–Crippen MR) is 71.7 cm³/mol. The summed E-state index contributed by atoms with van der Waals surface area (Å²) in [5.74, 6) is -0.656. The third kappa shape index (κ3) is 2.86. The lowest BCUT2D eigenvalue weighted by atomic mass is 9.86. The van der Waals surface area contributed by atoms with Gasteiger partial charge in [-0.25, -0.2) is 0 Å². The Labute approximate surface area is 110 Å². The highest BCUT2D eigenvalue weighted by Gasteiger charge is 2.36. The summed E-state index contributed by atoms with van der Waals surface area (Å²) >= 11 is 0. The number of rotatable bonds is 4. The predicted octanol–water partition coefficient (Wildman–Crippen LogP) is 1.66. The van der Waals surface area contributed by atoms with Crippen LogP contribution in [0.3, 0.4) is 0 Å². The van der Waals surface area contributed by atoms with Crippen LogP contribution in [0, 0.1) is 5.41 Å². The molecule has 18 heavy (non-hydrogen) atoms. The van der Waals surface area contributed by atoms with Crippen LogP contribution in [0.5, 0.6) is 0 Å². The van der Waals surface area contributed by atoms with Crippen LogP contribution in [-0.4, -0.2) is 59.6 Å². The molecule has 0 radical (unpaired) electrons. The van der Waals surface area contributed by atoms with Gasteiger partial charge in [0, 0.05) is 32.2 Å². The third-order valence-electron chi connectivity index (χ3n) is 4.79. The highest BCUT2D eigenvalue weighted by molar-refractivity contribution is 5.74. The first-order valence-electron chi connectivity index (χ1n) is 7.25. The zero-order valence-electron chi connectivity index (χ0n) is 11.7. The van der Waals surface area contributed by atoms with Gasteiger partial charge in [0.1, 0.15) is 0 Å². The largest absolute Gasteiger partial charge is 0.481 e. The summed E-state index contributed by atoms with van der Waals surface area (Å²) in [6, 6.07) is 0.669. The average Bonchev–Trinajstić information content (AvgIpc) is 2.38. The lowest BCUT2D eigenvalue weighted by Crippen LogP contribution is -2.57. The molecule has 2 rings (SSSR count). The van der Waals surface area contributed by atoms with E-state index in [1.54, 1.807) is 0 Å². The van der Waals surface area contributed by atoms with Gasteiger partial charge in [-0.2, -0.15) is 0 Å². The Balaban J connectivity index is 1.93. The maximum absolute atomic E-state index is 11.4. The van der Waals surface area contributed by atoms with Gasteiger partial charge in [-0.15, -0.1) is 0 Å². The van der Waals surface area contributed by atoms with Crippen molar-refractivity contribution in [1.29, 1.82) is 0 Å². The van der Waals surface area contributed by atoms with E-state index in [0.29, 0.717) is 19.0 Å². The van der Waals surface area contributed by atoms with E-state index >= 15 is 0 Å². The Hall–Kier alpha value is -0.610. The van der Waals surface area contributed by atoms with Gasteiger partial charge in [-0.3, -0.25) is 14.6 Å². The molecule has 4 heteroatoms. The van der Waals surface area contributed by atoms with E-state index in [-0.39, 0.29) is 0 Å². The van der Waals surface area contributed by atoms with Crippen LogP contribution < -0.4 is 0 Å². The van der Waals surface area contributed by atoms with Gasteiger partial charge in [0.2, 0.25) is 0 Å². The number of carboxylic acid groups (broad SMARTS) is 1. The summed E-state index contributed by atoms with van der Waals surface area (Å²) in [5.41, 5.74) is -0.586. The molecule has 2 saturated heterocycles. The van der Waals surface area contributed by atoms with Gasteiger partial charge in [-0.1, -0.05) is 13.3 Å². The Bertz CT molecular complexity index is 308. The molecule has 0 aromatic heterocycles. The molecule has 2 aliphatic rings. The maximum Gasteiger partial charge on any atom is 0.310 e. The zero-order valence-corrected chi connectivity index (χ0v) is 11.7. The van der Waals surface area contributed by atoms with Crippen LogP contribution in [-0.2, 0) is 4.79 Å². The lowest BCUT2D eigenvalue weighted by Gasteiger charge is -2.45. The van der Waals surface area contributed by atoms with Crippen molar-refractivity contribution < 1.29 is 9.90 Å². The summed E-state index contributed by atoms with van der Waals surface area (Å²) in [5, 5.41) is 9.36. The van der Waals surface area contributed by atoms with E-state index < -0.39 is 11.4 Å². The van der Waals surface area contributed by atoms with Crippen LogP contribution in [0.15, 0.2) is 0 Å². The molecule has 104 valence electrons. The van der Waals surface area contributed by atoms with Gasteiger partial charge in [0.15, 0.2) is 0 Å². The summed E-state index contributed by atoms with van der Waals surface area (Å²) < 4.78 is 0. The normalized spacial score (nSPS) is 29.6. The van der Waals surface area contributed by atoms with Crippen molar-refractivity contribution >= 4 is 5.97 Å². The molecular formula is C14H26N2O2.